The Bertz CT molecular complexity index is 464. The summed E-state index contributed by atoms with van der Waals surface area (Å²) < 4.78 is 26.9. The van der Waals surface area contributed by atoms with Gasteiger partial charge in [0.1, 0.15) is 6.10 Å². The van der Waals surface area contributed by atoms with Gasteiger partial charge < -0.3 is 29.1 Å². The number of esters is 1. The van der Waals surface area contributed by atoms with Crippen molar-refractivity contribution in [2.75, 3.05) is 13.7 Å². The molecule has 1 aliphatic heterocycles. The zero-order chi connectivity index (χ0) is 15.7. The molecule has 1 unspecified atom stereocenters. The van der Waals surface area contributed by atoms with E-state index in [4.69, 9.17) is 14.2 Å². The van der Waals surface area contributed by atoms with Crippen molar-refractivity contribution in [3.8, 4) is 0 Å². The van der Waals surface area contributed by atoms with Crippen LogP contribution in [0.4, 0.5) is 0 Å². The van der Waals surface area contributed by atoms with Gasteiger partial charge in [-0.3, -0.25) is 4.57 Å². The van der Waals surface area contributed by atoms with Gasteiger partial charge in [0.15, 0.2) is 11.9 Å². The van der Waals surface area contributed by atoms with E-state index in [2.05, 4.69) is 4.74 Å². The van der Waals surface area contributed by atoms with Gasteiger partial charge in [-0.2, -0.15) is 0 Å². The van der Waals surface area contributed by atoms with Gasteiger partial charge in [0.05, 0.1) is 11.8 Å². The van der Waals surface area contributed by atoms with Crippen LogP contribution in [0.25, 0.3) is 0 Å². The first-order valence-electron chi connectivity index (χ1n) is 5.85. The van der Waals surface area contributed by atoms with Gasteiger partial charge in [0.2, 0.25) is 5.76 Å². The number of cyclic esters (lactones) is 1. The fourth-order valence-corrected chi connectivity index (χ4v) is 2.90. The number of aliphatic hydroxyl groups is 3. The van der Waals surface area contributed by atoms with Crippen LogP contribution in [0.5, 0.6) is 0 Å². The first-order chi connectivity index (χ1) is 9.03. The first-order valence-corrected chi connectivity index (χ1v) is 7.39. The molecule has 0 aromatic carbocycles. The molecule has 9 heteroatoms. The molecule has 0 amide bonds. The van der Waals surface area contributed by atoms with Gasteiger partial charge in [-0.1, -0.05) is 0 Å². The highest BCUT2D eigenvalue weighted by atomic mass is 31.2. The van der Waals surface area contributed by atoms with Crippen LogP contribution >= 0.6 is 7.60 Å². The number of carbonyl (C=O) groups excluding carboxylic acids is 1. The van der Waals surface area contributed by atoms with E-state index < -0.39 is 49.1 Å². The number of hydrogen-bond donors (Lipinski definition) is 3. The third kappa shape index (κ3) is 3.15. The zero-order valence-electron chi connectivity index (χ0n) is 11.7. The minimum atomic E-state index is -3.49. The number of aliphatic hydroxyl groups excluding tert-OH is 3. The largest absolute Gasteiger partial charge is 0.505 e. The molecule has 0 bridgehead atoms. The molecule has 1 rings (SSSR count). The van der Waals surface area contributed by atoms with Gasteiger partial charge >= 0.3 is 13.6 Å². The molecular formula is C11H19O8P. The third-order valence-corrected chi connectivity index (χ3v) is 5.38. The average molecular weight is 310 g/mol. The molecule has 0 aromatic rings. The van der Waals surface area contributed by atoms with Crippen molar-refractivity contribution in [1.29, 1.82) is 0 Å². The maximum absolute atomic E-state index is 12.3. The monoisotopic (exact) mass is 310 g/mol. The van der Waals surface area contributed by atoms with Crippen molar-refractivity contribution >= 4 is 13.6 Å². The van der Waals surface area contributed by atoms with Crippen LogP contribution in [0.15, 0.2) is 11.5 Å². The second-order valence-electron chi connectivity index (χ2n) is 5.27. The van der Waals surface area contributed by atoms with Crippen molar-refractivity contribution in [1.82, 2.24) is 0 Å². The summed E-state index contributed by atoms with van der Waals surface area (Å²) in [5.74, 6) is -2.88. The summed E-state index contributed by atoms with van der Waals surface area (Å²) in [6, 6.07) is 0. The van der Waals surface area contributed by atoms with Crippen LogP contribution in [-0.2, 0) is 23.1 Å². The Morgan fingerprint density at radius 1 is 1.40 bits per heavy atom. The van der Waals surface area contributed by atoms with Gasteiger partial charge in [0.25, 0.3) is 0 Å². The van der Waals surface area contributed by atoms with E-state index in [1.54, 1.807) is 20.8 Å². The molecule has 0 saturated carbocycles. The molecule has 0 aliphatic carbocycles. The Morgan fingerprint density at radius 2 is 1.95 bits per heavy atom. The standard InChI is InChI=1S/C11H19O8P/c1-11(2,3)20(16,17-4)18-5-6(12)9-7(13)8(14)10(15)19-9/h6,9,12-14H,5H2,1-4H3/t6-,9+,20?/m0/s1. The van der Waals surface area contributed by atoms with Gasteiger partial charge in [-0.15, -0.1) is 0 Å². The SMILES string of the molecule is COP(=O)(OC[C@H](O)[C@H]1OC(=O)C(O)=C1O)C(C)(C)C. The van der Waals surface area contributed by atoms with Gasteiger partial charge in [-0.25, -0.2) is 4.79 Å². The van der Waals surface area contributed by atoms with E-state index >= 15 is 0 Å². The molecule has 3 N–H and O–H groups in total. The van der Waals surface area contributed by atoms with E-state index in [-0.39, 0.29) is 0 Å². The normalized spacial score (nSPS) is 24.4. The third-order valence-electron chi connectivity index (χ3n) is 2.77. The molecule has 3 atom stereocenters. The molecule has 0 saturated heterocycles. The van der Waals surface area contributed by atoms with Crippen molar-refractivity contribution in [3.05, 3.63) is 11.5 Å². The number of carbonyl (C=O) groups is 1. The number of hydrogen-bond acceptors (Lipinski definition) is 8. The van der Waals surface area contributed by atoms with Crippen LogP contribution in [-0.4, -0.2) is 52.4 Å². The minimum Gasteiger partial charge on any atom is -0.505 e. The van der Waals surface area contributed by atoms with Crippen LogP contribution < -0.4 is 0 Å². The Morgan fingerprint density at radius 3 is 2.30 bits per heavy atom. The van der Waals surface area contributed by atoms with Crippen molar-refractivity contribution < 1.29 is 38.5 Å². The second kappa shape index (κ2) is 5.73. The summed E-state index contributed by atoms with van der Waals surface area (Å²) in [5, 5.41) is 27.5. The maximum Gasteiger partial charge on any atom is 0.377 e. The minimum absolute atomic E-state index is 0.502. The summed E-state index contributed by atoms with van der Waals surface area (Å²) in [6.07, 6.45) is -2.94. The number of ether oxygens (including phenoxy) is 1. The van der Waals surface area contributed by atoms with E-state index in [0.29, 0.717) is 0 Å². The number of rotatable bonds is 5. The predicted molar refractivity (Wildman–Crippen MR) is 68.5 cm³/mol. The average Bonchev–Trinajstić information content (AvgIpc) is 2.62. The summed E-state index contributed by atoms with van der Waals surface area (Å²) in [5.41, 5.74) is 0. The first kappa shape index (κ1) is 17.0. The Balaban J connectivity index is 2.72. The van der Waals surface area contributed by atoms with Gasteiger partial charge in [0, 0.05) is 7.11 Å². The van der Waals surface area contributed by atoms with E-state index in [9.17, 15) is 19.6 Å². The summed E-state index contributed by atoms with van der Waals surface area (Å²) >= 11 is 0. The smallest absolute Gasteiger partial charge is 0.377 e. The highest BCUT2D eigenvalue weighted by Gasteiger charge is 2.43. The summed E-state index contributed by atoms with van der Waals surface area (Å²) in [6.45, 7) is 4.42. The molecular weight excluding hydrogens is 291 g/mol. The molecule has 8 nitrogen and oxygen atoms in total. The van der Waals surface area contributed by atoms with Gasteiger partial charge in [-0.05, 0) is 20.8 Å². The molecule has 1 aliphatic rings. The van der Waals surface area contributed by atoms with Crippen LogP contribution in [0.2, 0.25) is 0 Å². The molecule has 116 valence electrons. The Hall–Kier alpha value is -1.08. The van der Waals surface area contributed by atoms with E-state index in [1.165, 1.54) is 7.11 Å². The van der Waals surface area contributed by atoms with Crippen molar-refractivity contribution in [2.45, 2.75) is 38.1 Å². The fraction of sp³-hybridized carbons (Fsp3) is 0.727. The Labute approximate surface area is 116 Å². The molecule has 0 spiro atoms. The Kier molecular flexibility index (Phi) is 4.86. The molecule has 20 heavy (non-hydrogen) atoms. The van der Waals surface area contributed by atoms with E-state index in [0.717, 1.165) is 0 Å². The predicted octanol–water partition coefficient (Wildman–Crippen LogP) is 1.25. The lowest BCUT2D eigenvalue weighted by Crippen LogP contribution is -2.33. The lowest BCUT2D eigenvalue weighted by Gasteiger charge is -2.29. The second-order valence-corrected chi connectivity index (χ2v) is 8.23. The lowest BCUT2D eigenvalue weighted by atomic mass is 10.2. The lowest BCUT2D eigenvalue weighted by molar-refractivity contribution is -0.147. The molecule has 0 aromatic heterocycles. The van der Waals surface area contributed by atoms with Crippen molar-refractivity contribution in [3.63, 3.8) is 0 Å². The quantitative estimate of drug-likeness (QED) is 0.512. The fourth-order valence-electron chi connectivity index (χ4n) is 1.51. The topological polar surface area (TPSA) is 123 Å². The molecule has 0 radical (unpaired) electrons. The van der Waals surface area contributed by atoms with Crippen molar-refractivity contribution in [2.24, 2.45) is 0 Å². The maximum atomic E-state index is 12.3. The van der Waals surface area contributed by atoms with Crippen LogP contribution in [0, 0.1) is 0 Å². The highest BCUT2D eigenvalue weighted by Crippen LogP contribution is 2.59. The zero-order valence-corrected chi connectivity index (χ0v) is 12.6. The van der Waals surface area contributed by atoms with Crippen LogP contribution in [0.1, 0.15) is 20.8 Å². The van der Waals surface area contributed by atoms with Crippen LogP contribution in [0.3, 0.4) is 0 Å². The van der Waals surface area contributed by atoms with E-state index in [1.807, 2.05) is 0 Å². The summed E-state index contributed by atoms with van der Waals surface area (Å²) in [7, 11) is -2.27. The molecule has 0 fully saturated rings. The summed E-state index contributed by atoms with van der Waals surface area (Å²) in [4.78, 5) is 11.0. The highest BCUT2D eigenvalue weighted by molar-refractivity contribution is 7.55. The molecule has 1 heterocycles.